The fraction of sp³-hybridized carbons (Fsp3) is 0.348. The Bertz CT molecular complexity index is 1150. The summed E-state index contributed by atoms with van der Waals surface area (Å²) in [5.74, 6) is 0.512. The van der Waals surface area contributed by atoms with Crippen LogP contribution in [0.3, 0.4) is 0 Å². The van der Waals surface area contributed by atoms with Crippen LogP contribution in [-0.4, -0.2) is 40.0 Å². The van der Waals surface area contributed by atoms with E-state index in [0.717, 1.165) is 30.3 Å². The normalized spacial score (nSPS) is 19.0. The number of nitrogens with one attached hydrogen (secondary N) is 1. The lowest BCUT2D eigenvalue weighted by atomic mass is 9.97. The Labute approximate surface area is 180 Å². The van der Waals surface area contributed by atoms with Crippen molar-refractivity contribution >= 4 is 28.3 Å². The summed E-state index contributed by atoms with van der Waals surface area (Å²) in [4.78, 5) is 22.9. The van der Waals surface area contributed by atoms with Crippen LogP contribution < -0.4 is 15.8 Å². The molecule has 1 unspecified atom stereocenters. The zero-order valence-electron chi connectivity index (χ0n) is 17.9. The summed E-state index contributed by atoms with van der Waals surface area (Å²) in [6.07, 6.45) is 3.06. The Morgan fingerprint density at radius 3 is 2.90 bits per heavy atom. The van der Waals surface area contributed by atoms with Gasteiger partial charge in [0.05, 0.1) is 23.9 Å². The van der Waals surface area contributed by atoms with Crippen molar-refractivity contribution in [2.75, 3.05) is 19.0 Å². The highest BCUT2D eigenvalue weighted by atomic mass is 19.1. The third-order valence-electron chi connectivity index (χ3n) is 6.16. The maximum Gasteiger partial charge on any atom is 0.237 e. The zero-order valence-corrected chi connectivity index (χ0v) is 17.9. The lowest BCUT2D eigenvalue weighted by Crippen LogP contribution is -2.51. The van der Waals surface area contributed by atoms with Crippen molar-refractivity contribution in [1.29, 1.82) is 0 Å². The molecule has 1 atom stereocenters. The first kappa shape index (κ1) is 21.0. The lowest BCUT2D eigenvalue weighted by molar-refractivity contribution is -0.127. The monoisotopic (exact) mass is 423 g/mol. The third-order valence-corrected chi connectivity index (χ3v) is 6.16. The van der Waals surface area contributed by atoms with Gasteiger partial charge < -0.3 is 15.8 Å². The van der Waals surface area contributed by atoms with Gasteiger partial charge in [0.15, 0.2) is 0 Å². The molecular formula is C23H26FN5O2. The average Bonchev–Trinajstić information content (AvgIpc) is 3.13. The maximum atomic E-state index is 14.5. The molecule has 2 heterocycles. The van der Waals surface area contributed by atoms with Crippen LogP contribution in [0.25, 0.3) is 10.9 Å². The summed E-state index contributed by atoms with van der Waals surface area (Å²) in [5, 5.41) is 3.83. The number of amides is 1. The molecule has 3 N–H and O–H groups in total. The molecule has 0 radical (unpaired) electrons. The van der Waals surface area contributed by atoms with E-state index in [1.165, 1.54) is 6.33 Å². The average molecular weight is 423 g/mol. The summed E-state index contributed by atoms with van der Waals surface area (Å²) in [6.45, 7) is 4.86. The molecule has 0 saturated carbocycles. The highest BCUT2D eigenvalue weighted by molar-refractivity contribution is 5.92. The zero-order chi connectivity index (χ0) is 22.2. The Morgan fingerprint density at radius 2 is 2.16 bits per heavy atom. The van der Waals surface area contributed by atoms with Crippen molar-refractivity contribution in [3.8, 4) is 5.75 Å². The number of nitrogens with two attached hydrogens (primary N) is 1. The number of benzene rings is 2. The van der Waals surface area contributed by atoms with Gasteiger partial charge >= 0.3 is 0 Å². The van der Waals surface area contributed by atoms with Crippen molar-refractivity contribution in [3.05, 3.63) is 53.6 Å². The molecule has 1 saturated heterocycles. The molecule has 0 bridgehead atoms. The number of hydrogen-bond donors (Lipinski definition) is 2. The van der Waals surface area contributed by atoms with Crippen LogP contribution in [0, 0.1) is 12.7 Å². The number of aromatic nitrogens is 2. The molecule has 2 aromatic carbocycles. The number of anilines is 2. The maximum absolute atomic E-state index is 14.5. The van der Waals surface area contributed by atoms with Gasteiger partial charge in [-0.15, -0.1) is 0 Å². The second kappa shape index (κ2) is 8.11. The number of likely N-dealkylation sites (tertiary alicyclic amines) is 1. The van der Waals surface area contributed by atoms with E-state index in [1.807, 2.05) is 19.1 Å². The molecule has 0 spiro atoms. The summed E-state index contributed by atoms with van der Waals surface area (Å²) in [6, 6.07) is 8.94. The number of ether oxygens (including phenoxy) is 1. The van der Waals surface area contributed by atoms with Gasteiger partial charge in [-0.3, -0.25) is 9.69 Å². The number of nitrogens with zero attached hydrogens (tertiary/aromatic N) is 3. The number of primary amides is 1. The Kier molecular flexibility index (Phi) is 5.49. The quantitative estimate of drug-likeness (QED) is 0.628. The van der Waals surface area contributed by atoms with Gasteiger partial charge in [0, 0.05) is 23.6 Å². The first-order valence-electron chi connectivity index (χ1n) is 10.2. The smallest absolute Gasteiger partial charge is 0.237 e. The lowest BCUT2D eigenvalue weighted by Gasteiger charge is -2.32. The summed E-state index contributed by atoms with van der Waals surface area (Å²) < 4.78 is 20.1. The molecule has 0 aliphatic carbocycles. The van der Waals surface area contributed by atoms with Gasteiger partial charge in [-0.25, -0.2) is 14.4 Å². The molecule has 7 nitrogen and oxygen atoms in total. The number of methoxy groups -OCH3 is 1. The van der Waals surface area contributed by atoms with Crippen LogP contribution in [0.2, 0.25) is 0 Å². The largest absolute Gasteiger partial charge is 0.496 e. The molecular weight excluding hydrogens is 397 g/mol. The Morgan fingerprint density at radius 1 is 1.35 bits per heavy atom. The number of rotatable bonds is 6. The van der Waals surface area contributed by atoms with Crippen LogP contribution >= 0.6 is 0 Å². The van der Waals surface area contributed by atoms with Crippen molar-refractivity contribution in [2.24, 2.45) is 5.73 Å². The summed E-state index contributed by atoms with van der Waals surface area (Å²) in [5.41, 5.74) is 7.45. The minimum absolute atomic E-state index is 0.322. The molecule has 4 rings (SSSR count). The SMILES string of the molecule is COc1cc2ncnc(Nc3cccc(C)c3F)c2cc1CN1CCCC1(C)C(N)=O. The molecule has 1 aromatic heterocycles. The Balaban J connectivity index is 1.75. The number of carbonyl (C=O) groups excluding carboxylic acids is 1. The van der Waals surface area contributed by atoms with E-state index in [1.54, 1.807) is 32.2 Å². The predicted molar refractivity (Wildman–Crippen MR) is 118 cm³/mol. The van der Waals surface area contributed by atoms with Crippen molar-refractivity contribution < 1.29 is 13.9 Å². The third kappa shape index (κ3) is 3.79. The molecule has 162 valence electrons. The fourth-order valence-electron chi connectivity index (χ4n) is 4.17. The van der Waals surface area contributed by atoms with Crippen LogP contribution in [0.4, 0.5) is 15.9 Å². The van der Waals surface area contributed by atoms with Gasteiger partial charge in [-0.05, 0) is 50.9 Å². The second-order valence-electron chi connectivity index (χ2n) is 8.13. The molecule has 1 fully saturated rings. The molecule has 3 aromatic rings. The van der Waals surface area contributed by atoms with Crippen LogP contribution in [-0.2, 0) is 11.3 Å². The molecule has 1 aliphatic rings. The Hall–Kier alpha value is -3.26. The van der Waals surface area contributed by atoms with Gasteiger partial charge in [-0.2, -0.15) is 0 Å². The molecule has 1 aliphatic heterocycles. The summed E-state index contributed by atoms with van der Waals surface area (Å²) in [7, 11) is 1.60. The van der Waals surface area contributed by atoms with Crippen LogP contribution in [0.15, 0.2) is 36.7 Å². The minimum atomic E-state index is -0.696. The van der Waals surface area contributed by atoms with Gasteiger partial charge in [0.25, 0.3) is 0 Å². The standard InChI is InChI=1S/C23H26FN5O2/c1-14-6-4-7-17(20(14)24)28-21-16-10-15(19(31-3)11-18(16)26-13-27-21)12-29-9-5-8-23(29,2)22(25)30/h4,6-7,10-11,13H,5,8-9,12H2,1-3H3,(H2,25,30)(H,26,27,28). The van der Waals surface area contributed by atoms with Gasteiger partial charge in [0.2, 0.25) is 5.91 Å². The predicted octanol–water partition coefficient (Wildman–Crippen LogP) is 3.67. The highest BCUT2D eigenvalue weighted by Crippen LogP contribution is 2.35. The number of aryl methyl sites for hydroxylation is 1. The van der Waals surface area contributed by atoms with E-state index >= 15 is 0 Å². The first-order valence-corrected chi connectivity index (χ1v) is 10.2. The minimum Gasteiger partial charge on any atom is -0.496 e. The number of hydrogen-bond acceptors (Lipinski definition) is 6. The molecule has 31 heavy (non-hydrogen) atoms. The van der Waals surface area contributed by atoms with Crippen LogP contribution in [0.1, 0.15) is 30.9 Å². The number of fused-ring (bicyclic) bond motifs is 1. The van der Waals surface area contributed by atoms with Crippen molar-refractivity contribution in [2.45, 2.75) is 38.8 Å². The topological polar surface area (TPSA) is 93.4 Å². The highest BCUT2D eigenvalue weighted by Gasteiger charge is 2.41. The van der Waals surface area contributed by atoms with Crippen LogP contribution in [0.5, 0.6) is 5.75 Å². The van der Waals surface area contributed by atoms with E-state index in [9.17, 15) is 9.18 Å². The van der Waals surface area contributed by atoms with E-state index in [4.69, 9.17) is 10.5 Å². The summed E-state index contributed by atoms with van der Waals surface area (Å²) >= 11 is 0. The van der Waals surface area contributed by atoms with Crippen molar-refractivity contribution in [3.63, 3.8) is 0 Å². The molecule has 8 heteroatoms. The molecule has 1 amide bonds. The van der Waals surface area contributed by atoms with E-state index in [-0.39, 0.29) is 11.7 Å². The van der Waals surface area contributed by atoms with E-state index in [2.05, 4.69) is 20.2 Å². The second-order valence-corrected chi connectivity index (χ2v) is 8.13. The fourth-order valence-corrected chi connectivity index (χ4v) is 4.17. The first-order chi connectivity index (χ1) is 14.8. The van der Waals surface area contributed by atoms with Gasteiger partial charge in [0.1, 0.15) is 23.7 Å². The van der Waals surface area contributed by atoms with Crippen molar-refractivity contribution in [1.82, 2.24) is 14.9 Å². The number of halogens is 1. The number of carbonyl (C=O) groups is 1. The van der Waals surface area contributed by atoms with E-state index in [0.29, 0.717) is 34.9 Å². The van der Waals surface area contributed by atoms with E-state index < -0.39 is 5.54 Å². The van der Waals surface area contributed by atoms with Gasteiger partial charge in [-0.1, -0.05) is 12.1 Å².